The number of benzene rings is 1. The topological polar surface area (TPSA) is 44.5 Å². The van der Waals surface area contributed by atoms with Gasteiger partial charge in [0.2, 0.25) is 6.79 Å². The molecule has 0 N–H and O–H groups in total. The molecule has 2 fully saturated rings. The number of nitrogens with zero attached hydrogens (tertiary/aromatic N) is 4. The molecule has 0 radical (unpaired) electrons. The van der Waals surface area contributed by atoms with Crippen LogP contribution in [0.4, 0.5) is 0 Å². The van der Waals surface area contributed by atoms with Crippen LogP contribution in [0.3, 0.4) is 0 Å². The van der Waals surface area contributed by atoms with Crippen molar-refractivity contribution in [2.24, 2.45) is 0 Å². The van der Waals surface area contributed by atoms with E-state index < -0.39 is 0 Å². The number of fused-ring (bicyclic) bond motifs is 1. The standard InChI is InChI=1S/C17H20N4O2S/c24-17-20(13-4-5-13)9-18-21(17)10-19-7-1-2-14(19)12-3-6-15-16(8-12)23-11-22-15/h3,6,8-9,13-14H,1-2,4-5,7,10-11H2/t14-/m1/s1. The molecule has 24 heavy (non-hydrogen) atoms. The lowest BCUT2D eigenvalue weighted by Gasteiger charge is -2.24. The van der Waals surface area contributed by atoms with Gasteiger partial charge in [0.25, 0.3) is 0 Å². The van der Waals surface area contributed by atoms with Gasteiger partial charge in [-0.15, -0.1) is 0 Å². The van der Waals surface area contributed by atoms with Crippen molar-refractivity contribution in [2.45, 2.75) is 44.4 Å². The molecule has 3 heterocycles. The molecule has 1 saturated heterocycles. The Kier molecular flexibility index (Phi) is 3.38. The van der Waals surface area contributed by atoms with E-state index in [1.54, 1.807) is 0 Å². The van der Waals surface area contributed by atoms with Gasteiger partial charge in [-0.3, -0.25) is 4.90 Å². The van der Waals surface area contributed by atoms with Crippen molar-refractivity contribution in [2.75, 3.05) is 13.3 Å². The Morgan fingerprint density at radius 3 is 2.92 bits per heavy atom. The first-order valence-electron chi connectivity index (χ1n) is 8.57. The molecule has 2 aromatic rings. The number of aromatic nitrogens is 3. The third-order valence-corrected chi connectivity index (χ3v) is 5.58. The van der Waals surface area contributed by atoms with Crippen LogP contribution >= 0.6 is 12.2 Å². The fraction of sp³-hybridized carbons (Fsp3) is 0.529. The van der Waals surface area contributed by atoms with Crippen molar-refractivity contribution in [1.29, 1.82) is 0 Å². The first kappa shape index (κ1) is 14.5. The highest BCUT2D eigenvalue weighted by Crippen LogP contribution is 2.39. The van der Waals surface area contributed by atoms with Crippen molar-refractivity contribution >= 4 is 12.2 Å². The van der Waals surface area contributed by atoms with E-state index in [0.717, 1.165) is 35.9 Å². The van der Waals surface area contributed by atoms with Gasteiger partial charge in [-0.2, -0.15) is 5.10 Å². The molecular formula is C17H20N4O2S. The van der Waals surface area contributed by atoms with Gasteiger partial charge in [-0.1, -0.05) is 6.07 Å². The average molecular weight is 344 g/mol. The lowest BCUT2D eigenvalue weighted by atomic mass is 10.0. The minimum Gasteiger partial charge on any atom is -0.454 e. The molecule has 6 nitrogen and oxygen atoms in total. The van der Waals surface area contributed by atoms with Crippen molar-refractivity contribution in [1.82, 2.24) is 19.2 Å². The normalized spacial score (nSPS) is 23.1. The number of rotatable bonds is 4. The molecular weight excluding hydrogens is 324 g/mol. The highest BCUT2D eigenvalue weighted by atomic mass is 32.1. The number of hydrogen-bond acceptors (Lipinski definition) is 5. The summed E-state index contributed by atoms with van der Waals surface area (Å²) in [6, 6.07) is 7.25. The monoisotopic (exact) mass is 344 g/mol. The maximum Gasteiger partial charge on any atom is 0.231 e. The van der Waals surface area contributed by atoms with E-state index in [1.807, 2.05) is 17.1 Å². The molecule has 1 aromatic heterocycles. The zero-order valence-electron chi connectivity index (χ0n) is 13.4. The van der Waals surface area contributed by atoms with Gasteiger partial charge in [0.15, 0.2) is 16.3 Å². The van der Waals surface area contributed by atoms with Crippen LogP contribution in [0.5, 0.6) is 11.5 Å². The summed E-state index contributed by atoms with van der Waals surface area (Å²) in [5.41, 5.74) is 1.28. The fourth-order valence-corrected chi connectivity index (χ4v) is 4.02. The fourth-order valence-electron chi connectivity index (χ4n) is 3.72. The molecule has 0 unspecified atom stereocenters. The Hall–Kier alpha value is -1.86. The zero-order valence-corrected chi connectivity index (χ0v) is 14.2. The van der Waals surface area contributed by atoms with E-state index in [-0.39, 0.29) is 0 Å². The Morgan fingerprint density at radius 2 is 2.04 bits per heavy atom. The third-order valence-electron chi connectivity index (χ3n) is 5.16. The lowest BCUT2D eigenvalue weighted by molar-refractivity contribution is 0.173. The summed E-state index contributed by atoms with van der Waals surface area (Å²) < 4.78 is 15.9. The SMILES string of the molecule is S=c1n(C2CC2)cnn1CN1CCC[C@@H]1c1ccc2c(c1)OCO2. The summed E-state index contributed by atoms with van der Waals surface area (Å²) in [6.45, 7) is 2.13. The molecule has 1 aliphatic carbocycles. The van der Waals surface area contributed by atoms with E-state index >= 15 is 0 Å². The molecule has 5 rings (SSSR count). The second kappa shape index (κ2) is 5.60. The van der Waals surface area contributed by atoms with Crippen LogP contribution in [0.15, 0.2) is 24.5 Å². The zero-order chi connectivity index (χ0) is 16.1. The largest absolute Gasteiger partial charge is 0.454 e. The minimum absolute atomic E-state index is 0.320. The van der Waals surface area contributed by atoms with Crippen LogP contribution in [0.2, 0.25) is 0 Å². The van der Waals surface area contributed by atoms with E-state index in [4.69, 9.17) is 21.7 Å². The van der Waals surface area contributed by atoms with E-state index in [9.17, 15) is 0 Å². The number of hydrogen-bond donors (Lipinski definition) is 0. The Balaban J connectivity index is 1.38. The highest BCUT2D eigenvalue weighted by molar-refractivity contribution is 7.71. The van der Waals surface area contributed by atoms with Gasteiger partial charge in [0.05, 0.1) is 6.67 Å². The first-order chi connectivity index (χ1) is 11.8. The van der Waals surface area contributed by atoms with Gasteiger partial charge in [0, 0.05) is 18.6 Å². The van der Waals surface area contributed by atoms with Crippen LogP contribution in [-0.2, 0) is 6.67 Å². The van der Waals surface area contributed by atoms with Crippen LogP contribution < -0.4 is 9.47 Å². The summed E-state index contributed by atoms with van der Waals surface area (Å²) in [4.78, 5) is 2.46. The molecule has 0 bridgehead atoms. The highest BCUT2D eigenvalue weighted by Gasteiger charge is 2.29. The average Bonchev–Trinajstić information content (AvgIpc) is 3.00. The smallest absolute Gasteiger partial charge is 0.231 e. The quantitative estimate of drug-likeness (QED) is 0.797. The van der Waals surface area contributed by atoms with Gasteiger partial charge < -0.3 is 14.0 Å². The summed E-state index contributed by atoms with van der Waals surface area (Å²) in [5, 5.41) is 4.52. The maximum atomic E-state index is 5.60. The van der Waals surface area contributed by atoms with Gasteiger partial charge in [-0.05, 0) is 55.6 Å². The molecule has 126 valence electrons. The predicted molar refractivity (Wildman–Crippen MR) is 90.6 cm³/mol. The number of ether oxygens (including phenoxy) is 2. The summed E-state index contributed by atoms with van der Waals surface area (Å²) in [7, 11) is 0. The van der Waals surface area contributed by atoms with Crippen molar-refractivity contribution < 1.29 is 9.47 Å². The molecule has 0 amide bonds. The van der Waals surface area contributed by atoms with Crippen molar-refractivity contribution in [3.05, 3.63) is 34.9 Å². The van der Waals surface area contributed by atoms with Crippen molar-refractivity contribution in [3.63, 3.8) is 0 Å². The van der Waals surface area contributed by atoms with Crippen LogP contribution in [0.25, 0.3) is 0 Å². The Morgan fingerprint density at radius 1 is 1.17 bits per heavy atom. The summed E-state index contributed by atoms with van der Waals surface area (Å²) >= 11 is 5.60. The molecule has 7 heteroatoms. The molecule has 0 spiro atoms. The molecule has 2 aliphatic heterocycles. The molecule has 1 saturated carbocycles. The second-order valence-corrected chi connectivity index (χ2v) is 7.14. The molecule has 1 aromatic carbocycles. The summed E-state index contributed by atoms with van der Waals surface area (Å²) in [5.74, 6) is 1.70. The van der Waals surface area contributed by atoms with Gasteiger partial charge >= 0.3 is 0 Å². The Bertz CT molecular complexity index is 826. The van der Waals surface area contributed by atoms with E-state index in [1.165, 1.54) is 24.8 Å². The van der Waals surface area contributed by atoms with Crippen LogP contribution in [-0.4, -0.2) is 32.6 Å². The first-order valence-corrected chi connectivity index (χ1v) is 8.98. The van der Waals surface area contributed by atoms with Crippen LogP contribution in [0.1, 0.15) is 43.3 Å². The lowest BCUT2D eigenvalue weighted by Crippen LogP contribution is -2.27. The maximum absolute atomic E-state index is 5.60. The van der Waals surface area contributed by atoms with E-state index in [0.29, 0.717) is 18.9 Å². The van der Waals surface area contributed by atoms with Gasteiger partial charge in [-0.25, -0.2) is 4.68 Å². The summed E-state index contributed by atoms with van der Waals surface area (Å²) in [6.07, 6.45) is 6.69. The van der Waals surface area contributed by atoms with Gasteiger partial charge in [0.1, 0.15) is 6.33 Å². The predicted octanol–water partition coefficient (Wildman–Crippen LogP) is 3.27. The third kappa shape index (κ3) is 2.43. The molecule has 1 atom stereocenters. The van der Waals surface area contributed by atoms with E-state index in [2.05, 4.69) is 26.7 Å². The second-order valence-electron chi connectivity index (χ2n) is 6.78. The van der Waals surface area contributed by atoms with Crippen LogP contribution in [0, 0.1) is 4.77 Å². The number of likely N-dealkylation sites (tertiary alicyclic amines) is 1. The minimum atomic E-state index is 0.320. The van der Waals surface area contributed by atoms with Crippen molar-refractivity contribution in [3.8, 4) is 11.5 Å². The molecule has 3 aliphatic rings. The Labute approximate surface area is 145 Å².